The van der Waals surface area contributed by atoms with Crippen molar-refractivity contribution in [2.45, 2.75) is 69.2 Å². The molecule has 3 atom stereocenters. The average Bonchev–Trinajstić information content (AvgIpc) is 3.55. The van der Waals surface area contributed by atoms with E-state index in [9.17, 15) is 4.79 Å². The molecule has 35 heavy (non-hydrogen) atoms. The lowest BCUT2D eigenvalue weighted by molar-refractivity contribution is 0.0146. The number of benzene rings is 1. The number of carboxylic acids is 1. The van der Waals surface area contributed by atoms with E-state index < -0.39 is 5.97 Å². The molecule has 0 radical (unpaired) electrons. The van der Waals surface area contributed by atoms with E-state index in [1.54, 1.807) is 6.07 Å². The number of rotatable bonds is 7. The summed E-state index contributed by atoms with van der Waals surface area (Å²) in [7, 11) is 0. The Balaban J connectivity index is 1.19. The monoisotopic (exact) mass is 513 g/mol. The number of fused-ring (bicyclic) bond motifs is 2. The molecule has 1 aliphatic carbocycles. The first-order chi connectivity index (χ1) is 17.0. The summed E-state index contributed by atoms with van der Waals surface area (Å²) in [6.07, 6.45) is 7.67. The number of nitrogens with zero attached hydrogens (tertiary/aromatic N) is 3. The van der Waals surface area contributed by atoms with Crippen molar-refractivity contribution in [2.75, 3.05) is 4.90 Å². The van der Waals surface area contributed by atoms with E-state index in [4.69, 9.17) is 37.6 Å². The molecule has 7 nitrogen and oxygen atoms in total. The van der Waals surface area contributed by atoms with E-state index in [0.29, 0.717) is 45.9 Å². The van der Waals surface area contributed by atoms with Crippen LogP contribution < -0.4 is 4.90 Å². The Kier molecular flexibility index (Phi) is 5.95. The van der Waals surface area contributed by atoms with Crippen LogP contribution in [0.3, 0.4) is 0 Å². The molecule has 4 heterocycles. The molecular weight excluding hydrogens is 489 g/mol. The summed E-state index contributed by atoms with van der Waals surface area (Å²) in [5.41, 5.74) is 2.51. The number of pyridine rings is 1. The van der Waals surface area contributed by atoms with Crippen LogP contribution in [-0.4, -0.2) is 39.4 Å². The number of hydrogen-bond donors (Lipinski definition) is 1. The van der Waals surface area contributed by atoms with Crippen LogP contribution in [0.15, 0.2) is 41.1 Å². The molecule has 182 valence electrons. The van der Waals surface area contributed by atoms with Crippen LogP contribution in [0.1, 0.15) is 66.1 Å². The summed E-state index contributed by atoms with van der Waals surface area (Å²) >= 11 is 13.0. The van der Waals surface area contributed by atoms with Gasteiger partial charge in [0.25, 0.3) is 0 Å². The van der Waals surface area contributed by atoms with Crippen molar-refractivity contribution in [3.63, 3.8) is 0 Å². The van der Waals surface area contributed by atoms with E-state index in [1.807, 2.05) is 24.3 Å². The van der Waals surface area contributed by atoms with Gasteiger partial charge in [0.2, 0.25) is 0 Å². The Labute approximate surface area is 213 Å². The molecule has 1 saturated carbocycles. The number of hydrogen-bond acceptors (Lipinski definition) is 6. The molecule has 0 spiro atoms. The van der Waals surface area contributed by atoms with Gasteiger partial charge in [-0.25, -0.2) is 9.78 Å². The Morgan fingerprint density at radius 3 is 2.40 bits per heavy atom. The van der Waals surface area contributed by atoms with Crippen molar-refractivity contribution >= 4 is 35.0 Å². The van der Waals surface area contributed by atoms with Gasteiger partial charge in [0, 0.05) is 35.3 Å². The van der Waals surface area contributed by atoms with Gasteiger partial charge in [-0.05, 0) is 62.8 Å². The number of carbonyl (C=O) groups is 1. The fourth-order valence-corrected chi connectivity index (χ4v) is 6.13. The van der Waals surface area contributed by atoms with Crippen molar-refractivity contribution in [1.29, 1.82) is 0 Å². The van der Waals surface area contributed by atoms with Gasteiger partial charge < -0.3 is 19.3 Å². The number of carboxylic acid groups (broad SMARTS) is 1. The normalized spacial score (nSPS) is 23.6. The standard InChI is InChI=1S/C26H25Cl2N3O4/c27-20-2-1-3-21(28)23(20)24-19(25(35-30-24)14-4-5-14)13-34-18-10-16-7-8-17(11-18)31(16)22-9-6-15(12-29-22)26(32)33/h1-3,6,9,12,14,16-18H,4-5,7-8,10-11,13H2,(H,32,33)/t16-,17?,18?/m0/s1. The van der Waals surface area contributed by atoms with Crippen LogP contribution in [0.2, 0.25) is 10.0 Å². The molecule has 2 saturated heterocycles. The number of aromatic carboxylic acids is 1. The van der Waals surface area contributed by atoms with Gasteiger partial charge in [0.05, 0.1) is 28.3 Å². The highest BCUT2D eigenvalue weighted by Gasteiger charge is 2.42. The number of piperidine rings is 1. The van der Waals surface area contributed by atoms with Gasteiger partial charge in [0.1, 0.15) is 17.3 Å². The molecule has 2 unspecified atom stereocenters. The molecule has 2 aliphatic heterocycles. The summed E-state index contributed by atoms with van der Waals surface area (Å²) < 4.78 is 12.3. The number of anilines is 1. The first-order valence-corrected chi connectivity index (χ1v) is 12.8. The molecule has 3 fully saturated rings. The van der Waals surface area contributed by atoms with E-state index in [2.05, 4.69) is 15.0 Å². The quantitative estimate of drug-likeness (QED) is 0.394. The molecule has 6 rings (SSSR count). The van der Waals surface area contributed by atoms with Crippen LogP contribution >= 0.6 is 23.2 Å². The van der Waals surface area contributed by atoms with Crippen LogP contribution in [0, 0.1) is 0 Å². The third-order valence-corrected chi connectivity index (χ3v) is 8.01. The van der Waals surface area contributed by atoms with Gasteiger partial charge in [-0.3, -0.25) is 0 Å². The lowest BCUT2D eigenvalue weighted by Crippen LogP contribution is -2.46. The Morgan fingerprint density at radius 1 is 1.09 bits per heavy atom. The number of ether oxygens (including phenoxy) is 1. The fourth-order valence-electron chi connectivity index (χ4n) is 5.55. The minimum absolute atomic E-state index is 0.110. The second kappa shape index (κ2) is 9.12. The minimum Gasteiger partial charge on any atom is -0.478 e. The largest absolute Gasteiger partial charge is 0.478 e. The summed E-state index contributed by atoms with van der Waals surface area (Å²) in [6, 6.07) is 9.52. The summed E-state index contributed by atoms with van der Waals surface area (Å²) in [5.74, 6) is 1.15. The first kappa shape index (κ1) is 22.8. The second-order valence-corrected chi connectivity index (χ2v) is 10.5. The van der Waals surface area contributed by atoms with Crippen LogP contribution in [0.4, 0.5) is 5.82 Å². The molecule has 2 bridgehead atoms. The topological polar surface area (TPSA) is 88.7 Å². The van der Waals surface area contributed by atoms with Crippen LogP contribution in [0.5, 0.6) is 0 Å². The van der Waals surface area contributed by atoms with E-state index in [0.717, 1.165) is 55.7 Å². The maximum absolute atomic E-state index is 11.2. The predicted molar refractivity (Wildman–Crippen MR) is 132 cm³/mol. The highest BCUT2D eigenvalue weighted by Crippen LogP contribution is 2.46. The zero-order valence-corrected chi connectivity index (χ0v) is 20.5. The molecule has 1 aromatic carbocycles. The molecular formula is C26H25Cl2N3O4. The maximum atomic E-state index is 11.2. The van der Waals surface area contributed by atoms with Gasteiger partial charge in [0.15, 0.2) is 0 Å². The molecule has 0 amide bonds. The van der Waals surface area contributed by atoms with E-state index in [1.165, 1.54) is 6.20 Å². The lowest BCUT2D eigenvalue weighted by Gasteiger charge is -2.39. The van der Waals surface area contributed by atoms with E-state index in [-0.39, 0.29) is 11.7 Å². The lowest BCUT2D eigenvalue weighted by atomic mass is 9.99. The second-order valence-electron chi connectivity index (χ2n) is 9.65. The third-order valence-electron chi connectivity index (χ3n) is 7.38. The summed E-state index contributed by atoms with van der Waals surface area (Å²) in [4.78, 5) is 17.9. The van der Waals surface area contributed by atoms with Crippen molar-refractivity contribution in [3.05, 3.63) is 63.5 Å². The minimum atomic E-state index is -0.962. The number of aromatic nitrogens is 2. The summed E-state index contributed by atoms with van der Waals surface area (Å²) in [5, 5.41) is 14.6. The van der Waals surface area contributed by atoms with Crippen LogP contribution in [-0.2, 0) is 11.3 Å². The molecule has 2 aromatic heterocycles. The molecule has 9 heteroatoms. The fraction of sp³-hybridized carbons (Fsp3) is 0.423. The van der Waals surface area contributed by atoms with Crippen molar-refractivity contribution in [1.82, 2.24) is 10.1 Å². The number of halogens is 2. The Morgan fingerprint density at radius 2 is 1.80 bits per heavy atom. The van der Waals surface area contributed by atoms with E-state index >= 15 is 0 Å². The van der Waals surface area contributed by atoms with Crippen LogP contribution in [0.25, 0.3) is 11.3 Å². The highest BCUT2D eigenvalue weighted by atomic mass is 35.5. The smallest absolute Gasteiger partial charge is 0.337 e. The Bertz CT molecular complexity index is 1220. The van der Waals surface area contributed by atoms with Gasteiger partial charge in [-0.2, -0.15) is 0 Å². The molecule has 3 aromatic rings. The zero-order chi connectivity index (χ0) is 24.1. The third kappa shape index (κ3) is 4.30. The Hall–Kier alpha value is -2.61. The highest BCUT2D eigenvalue weighted by molar-refractivity contribution is 6.39. The van der Waals surface area contributed by atoms with Crippen molar-refractivity contribution in [3.8, 4) is 11.3 Å². The van der Waals surface area contributed by atoms with Gasteiger partial charge in [-0.1, -0.05) is 34.4 Å². The first-order valence-electron chi connectivity index (χ1n) is 12.0. The SMILES string of the molecule is O=C(O)c1ccc(N2C3CC[C@H]2CC(OCc2c(-c4c(Cl)cccc4Cl)noc2C2CC2)C3)nc1. The predicted octanol–water partition coefficient (Wildman–Crippen LogP) is 6.34. The zero-order valence-electron chi connectivity index (χ0n) is 19.0. The van der Waals surface area contributed by atoms with Crippen molar-refractivity contribution < 1.29 is 19.2 Å². The average molecular weight is 514 g/mol. The maximum Gasteiger partial charge on any atom is 0.337 e. The van der Waals surface area contributed by atoms with Crippen molar-refractivity contribution in [2.24, 2.45) is 0 Å². The molecule has 3 aliphatic rings. The van der Waals surface area contributed by atoms with Gasteiger partial charge in [-0.15, -0.1) is 0 Å². The van der Waals surface area contributed by atoms with Gasteiger partial charge >= 0.3 is 5.97 Å². The summed E-state index contributed by atoms with van der Waals surface area (Å²) in [6.45, 7) is 0.405. The molecule has 1 N–H and O–H groups in total.